The summed E-state index contributed by atoms with van der Waals surface area (Å²) < 4.78 is 15.6. The highest BCUT2D eigenvalue weighted by Crippen LogP contribution is 2.41. The van der Waals surface area contributed by atoms with Crippen molar-refractivity contribution in [2.75, 3.05) is 27.9 Å². The summed E-state index contributed by atoms with van der Waals surface area (Å²) in [6.45, 7) is -0.399. The second-order valence-electron chi connectivity index (χ2n) is 5.11. The molecule has 0 aliphatic rings. The third-order valence-corrected chi connectivity index (χ3v) is 3.73. The largest absolute Gasteiger partial charge is 0.507 e. The highest BCUT2D eigenvalue weighted by atomic mass is 16.6. The van der Waals surface area contributed by atoms with Crippen LogP contribution >= 0.6 is 0 Å². The Balaban J connectivity index is 2.61. The summed E-state index contributed by atoms with van der Waals surface area (Å²) in [7, 11) is 4.42. The molecule has 0 radical (unpaired) electrons. The molecule has 0 unspecified atom stereocenters. The van der Waals surface area contributed by atoms with Crippen LogP contribution in [0.2, 0.25) is 0 Å². The highest BCUT2D eigenvalue weighted by Gasteiger charge is 2.28. The maximum atomic E-state index is 11.2. The van der Waals surface area contributed by atoms with Crippen molar-refractivity contribution >= 4 is 0 Å². The van der Waals surface area contributed by atoms with Gasteiger partial charge in [-0.25, -0.2) is 0 Å². The van der Waals surface area contributed by atoms with E-state index in [2.05, 4.69) is 0 Å². The zero-order valence-corrected chi connectivity index (χ0v) is 13.7. The van der Waals surface area contributed by atoms with Gasteiger partial charge in [0.25, 0.3) is 0 Å². The average molecular weight is 333 g/mol. The Bertz CT molecular complexity index is 731. The standard InChI is InChI=1S/C17H19NO6/c1-22-12-6-4-5-11(7-12)14(10-18(20)21)17-15(19)8-13(23-2)9-16(17)24-3/h4-9,14,19H,10H2,1-3H3/t14-/m1/s1. The minimum Gasteiger partial charge on any atom is -0.507 e. The van der Waals surface area contributed by atoms with Gasteiger partial charge in [-0.15, -0.1) is 0 Å². The van der Waals surface area contributed by atoms with Gasteiger partial charge in [0.05, 0.1) is 32.8 Å². The van der Waals surface area contributed by atoms with Crippen molar-refractivity contribution < 1.29 is 24.2 Å². The van der Waals surface area contributed by atoms with Crippen LogP contribution in [0.25, 0.3) is 0 Å². The zero-order chi connectivity index (χ0) is 17.7. The van der Waals surface area contributed by atoms with Gasteiger partial charge in [-0.3, -0.25) is 10.1 Å². The fourth-order valence-electron chi connectivity index (χ4n) is 2.60. The van der Waals surface area contributed by atoms with Gasteiger partial charge >= 0.3 is 0 Å². The van der Waals surface area contributed by atoms with Crippen LogP contribution in [0.4, 0.5) is 0 Å². The van der Waals surface area contributed by atoms with E-state index >= 15 is 0 Å². The van der Waals surface area contributed by atoms with E-state index in [1.165, 1.54) is 27.4 Å². The van der Waals surface area contributed by atoms with E-state index in [9.17, 15) is 15.2 Å². The fraction of sp³-hybridized carbons (Fsp3) is 0.294. The molecular weight excluding hydrogens is 314 g/mol. The van der Waals surface area contributed by atoms with Crippen LogP contribution in [-0.4, -0.2) is 37.9 Å². The molecule has 2 aromatic rings. The van der Waals surface area contributed by atoms with Gasteiger partial charge in [0.15, 0.2) is 0 Å². The number of benzene rings is 2. The number of ether oxygens (including phenoxy) is 3. The zero-order valence-electron chi connectivity index (χ0n) is 13.7. The summed E-state index contributed by atoms with van der Waals surface area (Å²) in [5.74, 6) is 0.477. The number of phenols is 1. The SMILES string of the molecule is COc1cccc([C@@H](C[N+](=O)[O-])c2c(O)cc(OC)cc2OC)c1. The van der Waals surface area contributed by atoms with Crippen LogP contribution in [-0.2, 0) is 0 Å². The Morgan fingerprint density at radius 2 is 1.79 bits per heavy atom. The minimum absolute atomic E-state index is 0.124. The van der Waals surface area contributed by atoms with Crippen molar-refractivity contribution in [3.63, 3.8) is 0 Å². The first-order valence-electron chi connectivity index (χ1n) is 7.20. The van der Waals surface area contributed by atoms with E-state index in [0.717, 1.165) is 0 Å². The first-order chi connectivity index (χ1) is 11.5. The van der Waals surface area contributed by atoms with Crippen molar-refractivity contribution in [2.45, 2.75) is 5.92 Å². The van der Waals surface area contributed by atoms with Crippen LogP contribution in [0.3, 0.4) is 0 Å². The summed E-state index contributed by atoms with van der Waals surface area (Å²) in [6, 6.07) is 9.94. The lowest BCUT2D eigenvalue weighted by molar-refractivity contribution is -0.481. The summed E-state index contributed by atoms with van der Waals surface area (Å²) in [4.78, 5) is 10.7. The second kappa shape index (κ2) is 7.54. The number of phenolic OH excluding ortho intramolecular Hbond substituents is 1. The Labute approximate surface area is 139 Å². The molecule has 7 nitrogen and oxygen atoms in total. The van der Waals surface area contributed by atoms with Crippen LogP contribution < -0.4 is 14.2 Å². The fourth-order valence-corrected chi connectivity index (χ4v) is 2.60. The van der Waals surface area contributed by atoms with E-state index < -0.39 is 17.4 Å². The smallest absolute Gasteiger partial charge is 0.214 e. The van der Waals surface area contributed by atoms with E-state index in [0.29, 0.717) is 28.4 Å². The number of hydrogen-bond donors (Lipinski definition) is 1. The lowest BCUT2D eigenvalue weighted by Crippen LogP contribution is -2.15. The van der Waals surface area contributed by atoms with Crippen LogP contribution in [0.15, 0.2) is 36.4 Å². The highest BCUT2D eigenvalue weighted by molar-refractivity contribution is 5.55. The molecule has 0 amide bonds. The molecule has 0 aliphatic heterocycles. The topological polar surface area (TPSA) is 91.1 Å². The van der Waals surface area contributed by atoms with Gasteiger partial charge in [0, 0.05) is 17.1 Å². The minimum atomic E-state index is -0.698. The molecule has 0 aliphatic carbocycles. The molecule has 0 spiro atoms. The first-order valence-corrected chi connectivity index (χ1v) is 7.20. The predicted molar refractivity (Wildman–Crippen MR) is 87.9 cm³/mol. The van der Waals surface area contributed by atoms with Gasteiger partial charge < -0.3 is 19.3 Å². The Morgan fingerprint density at radius 3 is 2.38 bits per heavy atom. The van der Waals surface area contributed by atoms with Gasteiger partial charge in [-0.05, 0) is 17.7 Å². The summed E-state index contributed by atoms with van der Waals surface area (Å²) in [5.41, 5.74) is 0.980. The molecule has 7 heteroatoms. The normalized spacial score (nSPS) is 11.6. The average Bonchev–Trinajstić information content (AvgIpc) is 2.59. The quantitative estimate of drug-likeness (QED) is 0.619. The molecule has 0 aromatic heterocycles. The van der Waals surface area contributed by atoms with E-state index in [4.69, 9.17) is 14.2 Å². The van der Waals surface area contributed by atoms with Gasteiger partial charge in [0.2, 0.25) is 6.54 Å². The number of rotatable bonds is 7. The van der Waals surface area contributed by atoms with Crippen molar-refractivity contribution in [3.05, 3.63) is 57.6 Å². The van der Waals surface area contributed by atoms with Gasteiger partial charge in [-0.1, -0.05) is 12.1 Å². The summed E-state index contributed by atoms with van der Waals surface area (Å²) in [6.07, 6.45) is 0. The second-order valence-corrected chi connectivity index (χ2v) is 5.11. The molecule has 24 heavy (non-hydrogen) atoms. The molecule has 1 atom stereocenters. The third kappa shape index (κ3) is 3.68. The van der Waals surface area contributed by atoms with Gasteiger partial charge in [0.1, 0.15) is 23.0 Å². The van der Waals surface area contributed by atoms with E-state index in [1.54, 1.807) is 30.3 Å². The Morgan fingerprint density at radius 1 is 1.08 bits per heavy atom. The van der Waals surface area contributed by atoms with E-state index in [1.807, 2.05) is 0 Å². The summed E-state index contributed by atoms with van der Waals surface area (Å²) >= 11 is 0. The van der Waals surface area contributed by atoms with Crippen molar-refractivity contribution in [2.24, 2.45) is 0 Å². The van der Waals surface area contributed by atoms with Crippen LogP contribution in [0.5, 0.6) is 23.0 Å². The molecule has 1 N–H and O–H groups in total. The van der Waals surface area contributed by atoms with E-state index in [-0.39, 0.29) is 5.75 Å². The van der Waals surface area contributed by atoms with Crippen molar-refractivity contribution in [1.82, 2.24) is 0 Å². The number of aromatic hydroxyl groups is 1. The van der Waals surface area contributed by atoms with Gasteiger partial charge in [-0.2, -0.15) is 0 Å². The monoisotopic (exact) mass is 333 g/mol. The van der Waals surface area contributed by atoms with Crippen molar-refractivity contribution in [3.8, 4) is 23.0 Å². The Kier molecular flexibility index (Phi) is 5.47. The molecule has 0 saturated carbocycles. The molecule has 2 aromatic carbocycles. The summed E-state index contributed by atoms with van der Waals surface area (Å²) in [5, 5.41) is 21.6. The predicted octanol–water partition coefficient (Wildman–Crippen LogP) is 2.83. The van der Waals surface area contributed by atoms with Crippen LogP contribution in [0.1, 0.15) is 17.0 Å². The Hall–Kier alpha value is -2.96. The lowest BCUT2D eigenvalue weighted by atomic mass is 9.89. The maximum Gasteiger partial charge on any atom is 0.214 e. The number of hydrogen-bond acceptors (Lipinski definition) is 6. The number of methoxy groups -OCH3 is 3. The lowest BCUT2D eigenvalue weighted by Gasteiger charge is -2.19. The third-order valence-electron chi connectivity index (χ3n) is 3.73. The molecule has 0 saturated heterocycles. The maximum absolute atomic E-state index is 11.2. The molecular formula is C17H19NO6. The molecule has 0 bridgehead atoms. The van der Waals surface area contributed by atoms with Crippen molar-refractivity contribution in [1.29, 1.82) is 0 Å². The number of nitrogens with zero attached hydrogens (tertiary/aromatic N) is 1. The van der Waals surface area contributed by atoms with Crippen LogP contribution in [0, 0.1) is 10.1 Å². The molecule has 2 rings (SSSR count). The molecule has 128 valence electrons. The first kappa shape index (κ1) is 17.4. The molecule has 0 heterocycles. The number of nitro groups is 1. The molecule has 0 fully saturated rings.